The van der Waals surface area contributed by atoms with Crippen molar-refractivity contribution in [3.8, 4) is 50.3 Å². The van der Waals surface area contributed by atoms with Crippen molar-refractivity contribution >= 4 is 81.1 Å². The summed E-state index contributed by atoms with van der Waals surface area (Å²) in [7, 11) is 1.47. The maximum atomic E-state index is 14.2. The van der Waals surface area contributed by atoms with E-state index in [1.165, 1.54) is 49.2 Å². The summed E-state index contributed by atoms with van der Waals surface area (Å²) in [4.78, 5) is 14.2. The summed E-state index contributed by atoms with van der Waals surface area (Å²) in [6.07, 6.45) is -0.408. The highest BCUT2D eigenvalue weighted by Gasteiger charge is 2.33. The van der Waals surface area contributed by atoms with Gasteiger partial charge in [-0.25, -0.2) is 9.36 Å². The van der Waals surface area contributed by atoms with Crippen molar-refractivity contribution in [1.82, 2.24) is 9.13 Å². The van der Waals surface area contributed by atoms with Gasteiger partial charge in [0.05, 0.1) is 29.4 Å². The fourth-order valence-corrected chi connectivity index (χ4v) is 10.5. The maximum Gasteiger partial charge on any atom is 0.418 e. The number of carbonyl (C=O) groups is 1. The maximum absolute atomic E-state index is 14.2. The highest BCUT2D eigenvalue weighted by molar-refractivity contribution is 7.25. The smallest absolute Gasteiger partial charge is 0.418 e. The molecule has 0 saturated carbocycles. The van der Waals surface area contributed by atoms with Gasteiger partial charge >= 0.3 is 6.09 Å². The van der Waals surface area contributed by atoms with Gasteiger partial charge in [0, 0.05) is 64.3 Å². The second kappa shape index (κ2) is 11.3. The molecule has 0 radical (unpaired) electrons. The van der Waals surface area contributed by atoms with Crippen LogP contribution in [0, 0.1) is 0 Å². The number of rotatable bonds is 3. The molecule has 12 rings (SSSR count). The van der Waals surface area contributed by atoms with Crippen LogP contribution in [0.5, 0.6) is 0 Å². The molecule has 0 atom stereocenters. The van der Waals surface area contributed by atoms with E-state index < -0.39 is 6.09 Å². The van der Waals surface area contributed by atoms with Crippen molar-refractivity contribution in [2.24, 2.45) is 0 Å². The van der Waals surface area contributed by atoms with E-state index in [1.807, 2.05) is 15.9 Å². The molecule has 3 aromatic heterocycles. The SMILES string of the molecule is COC(=O)n1c2c(c3cccc(-c4cccc5c6ccccc6n(-c6ccccc6)c45)c31)-c1ccc(-c3ccc4c(c3)sc3ccccc34)c3cccc-2c13. The second-order valence-corrected chi connectivity index (χ2v) is 15.4. The minimum absolute atomic E-state index is 0.408. The molecule has 8 aromatic carbocycles. The highest BCUT2D eigenvalue weighted by atomic mass is 32.1. The molecule has 0 spiro atoms. The molecule has 258 valence electrons. The van der Waals surface area contributed by atoms with Crippen LogP contribution >= 0.6 is 11.3 Å². The van der Waals surface area contributed by atoms with E-state index in [4.69, 9.17) is 4.74 Å². The Hall–Kier alpha value is -6.95. The standard InChI is InChI=1S/C50H30N2O2S/c1-54-50(53)52-48-38(37-18-10-17-36-32-14-5-7-22-42(32)51(47(36)37)30-12-3-2-4-13-30)19-11-21-41(48)46-39-27-26-31(35-16-9-20-40(45(35)39)49(46)52)29-24-25-34-33-15-6-8-23-43(33)55-44(34)28-29/h2-28H,1H3. The largest absolute Gasteiger partial charge is 0.452 e. The number of fused-ring (bicyclic) bond motifs is 11. The Bertz CT molecular complexity index is 3440. The van der Waals surface area contributed by atoms with Gasteiger partial charge in [0.1, 0.15) is 0 Å². The third-order valence-electron chi connectivity index (χ3n) is 11.6. The van der Waals surface area contributed by atoms with E-state index in [0.29, 0.717) is 0 Å². The molecule has 0 N–H and O–H groups in total. The molecular weight excluding hydrogens is 693 g/mol. The summed E-state index contributed by atoms with van der Waals surface area (Å²) in [5.74, 6) is 0. The van der Waals surface area contributed by atoms with Gasteiger partial charge in [-0.05, 0) is 57.8 Å². The Morgan fingerprint density at radius 3 is 2.00 bits per heavy atom. The lowest BCUT2D eigenvalue weighted by Gasteiger charge is -2.15. The van der Waals surface area contributed by atoms with E-state index >= 15 is 0 Å². The van der Waals surface area contributed by atoms with Gasteiger partial charge in [0.25, 0.3) is 0 Å². The number of hydrogen-bond donors (Lipinski definition) is 0. The third kappa shape index (κ3) is 4.08. The fourth-order valence-electron chi connectivity index (χ4n) is 9.40. The predicted molar refractivity (Wildman–Crippen MR) is 230 cm³/mol. The second-order valence-electron chi connectivity index (χ2n) is 14.3. The number of aromatic nitrogens is 2. The summed E-state index contributed by atoms with van der Waals surface area (Å²) < 4.78 is 12.4. The van der Waals surface area contributed by atoms with Crippen LogP contribution in [-0.4, -0.2) is 22.3 Å². The molecule has 0 unspecified atom stereocenters. The number of benzene rings is 8. The van der Waals surface area contributed by atoms with Crippen LogP contribution in [0.25, 0.3) is 114 Å². The van der Waals surface area contributed by atoms with Crippen LogP contribution in [0.2, 0.25) is 0 Å². The molecule has 4 nitrogen and oxygen atoms in total. The number of ether oxygens (including phenoxy) is 1. The Morgan fingerprint density at radius 1 is 0.509 bits per heavy atom. The molecule has 0 fully saturated rings. The quantitative estimate of drug-likeness (QED) is 0.182. The average molecular weight is 723 g/mol. The van der Waals surface area contributed by atoms with Crippen LogP contribution < -0.4 is 0 Å². The zero-order chi connectivity index (χ0) is 36.4. The van der Waals surface area contributed by atoms with E-state index in [1.54, 1.807) is 0 Å². The molecule has 11 aromatic rings. The number of para-hydroxylation sites is 4. The molecule has 0 bridgehead atoms. The van der Waals surface area contributed by atoms with Crippen molar-refractivity contribution in [2.75, 3.05) is 7.11 Å². The van der Waals surface area contributed by atoms with Crippen LogP contribution in [0.3, 0.4) is 0 Å². The Morgan fingerprint density at radius 2 is 1.16 bits per heavy atom. The van der Waals surface area contributed by atoms with Crippen molar-refractivity contribution < 1.29 is 9.53 Å². The van der Waals surface area contributed by atoms with Gasteiger partial charge in [-0.1, -0.05) is 133 Å². The number of nitrogens with zero attached hydrogens (tertiary/aromatic N) is 2. The summed E-state index contributed by atoms with van der Waals surface area (Å²) in [6, 6.07) is 58.5. The van der Waals surface area contributed by atoms with Gasteiger partial charge in [-0.3, -0.25) is 0 Å². The lowest BCUT2D eigenvalue weighted by Crippen LogP contribution is -2.13. The number of methoxy groups -OCH3 is 1. The van der Waals surface area contributed by atoms with Crippen LogP contribution in [0.1, 0.15) is 0 Å². The van der Waals surface area contributed by atoms with Crippen LogP contribution in [0.4, 0.5) is 4.79 Å². The first-order chi connectivity index (χ1) is 27.2. The first-order valence-corrected chi connectivity index (χ1v) is 19.3. The number of thiophene rings is 1. The average Bonchev–Trinajstić information content (AvgIpc) is 3.98. The molecule has 0 amide bonds. The van der Waals surface area contributed by atoms with E-state index in [9.17, 15) is 4.79 Å². The minimum Gasteiger partial charge on any atom is -0.452 e. The number of carbonyl (C=O) groups excluding carboxylic acids is 1. The van der Waals surface area contributed by atoms with Gasteiger partial charge in [-0.2, -0.15) is 0 Å². The van der Waals surface area contributed by atoms with Crippen LogP contribution in [0.15, 0.2) is 164 Å². The molecule has 0 aliphatic heterocycles. The zero-order valence-electron chi connectivity index (χ0n) is 29.7. The van der Waals surface area contributed by atoms with E-state index in [2.05, 4.69) is 168 Å². The Labute approximate surface area is 319 Å². The van der Waals surface area contributed by atoms with Gasteiger partial charge in [0.2, 0.25) is 0 Å². The topological polar surface area (TPSA) is 36.2 Å². The van der Waals surface area contributed by atoms with Crippen molar-refractivity contribution in [3.63, 3.8) is 0 Å². The van der Waals surface area contributed by atoms with E-state index in [0.717, 1.165) is 71.9 Å². The van der Waals surface area contributed by atoms with Gasteiger partial charge in [0.15, 0.2) is 0 Å². The minimum atomic E-state index is -0.408. The Kier molecular flexibility index (Phi) is 6.26. The summed E-state index contributed by atoms with van der Waals surface area (Å²) in [5, 5.41) is 8.29. The predicted octanol–water partition coefficient (Wildman–Crippen LogP) is 13.9. The summed E-state index contributed by atoms with van der Waals surface area (Å²) >= 11 is 1.84. The van der Waals surface area contributed by atoms with Crippen molar-refractivity contribution in [2.45, 2.75) is 0 Å². The molecule has 1 aliphatic carbocycles. The third-order valence-corrected chi connectivity index (χ3v) is 12.7. The van der Waals surface area contributed by atoms with Crippen molar-refractivity contribution in [1.29, 1.82) is 0 Å². The molecule has 1 aliphatic rings. The molecule has 0 saturated heterocycles. The van der Waals surface area contributed by atoms with Gasteiger partial charge < -0.3 is 9.30 Å². The number of hydrogen-bond acceptors (Lipinski definition) is 3. The first kappa shape index (κ1) is 30.5. The van der Waals surface area contributed by atoms with E-state index in [-0.39, 0.29) is 0 Å². The molecule has 5 heteroatoms. The van der Waals surface area contributed by atoms with Gasteiger partial charge in [-0.15, -0.1) is 11.3 Å². The van der Waals surface area contributed by atoms with Crippen LogP contribution in [-0.2, 0) is 4.74 Å². The Balaban J connectivity index is 1.13. The summed E-state index contributed by atoms with van der Waals surface area (Å²) in [5.41, 5.74) is 12.7. The normalized spacial score (nSPS) is 12.2. The highest BCUT2D eigenvalue weighted by Crippen LogP contribution is 2.55. The lowest BCUT2D eigenvalue weighted by molar-refractivity contribution is 0.174. The molecule has 3 heterocycles. The molecular formula is C50H30N2O2S. The lowest BCUT2D eigenvalue weighted by atomic mass is 9.93. The van der Waals surface area contributed by atoms with Crippen molar-refractivity contribution in [3.05, 3.63) is 164 Å². The monoisotopic (exact) mass is 722 g/mol. The first-order valence-electron chi connectivity index (χ1n) is 18.5. The molecule has 55 heavy (non-hydrogen) atoms. The zero-order valence-corrected chi connectivity index (χ0v) is 30.5. The fraction of sp³-hybridized carbons (Fsp3) is 0.0200. The summed E-state index contributed by atoms with van der Waals surface area (Å²) in [6.45, 7) is 0.